The third kappa shape index (κ3) is 4.52. The monoisotopic (exact) mass is 580 g/mol. The molecule has 0 saturated heterocycles. The highest BCUT2D eigenvalue weighted by atomic mass is 16.3. The normalized spacial score (nSPS) is 13.1. The Balaban J connectivity index is 1.20. The van der Waals surface area contributed by atoms with Gasteiger partial charge in [0.2, 0.25) is 0 Å². The summed E-state index contributed by atoms with van der Waals surface area (Å²) in [6, 6.07) is 38.3. The molecule has 0 aliphatic rings. The summed E-state index contributed by atoms with van der Waals surface area (Å²) < 4.78 is 48.3. The van der Waals surface area contributed by atoms with E-state index in [1.807, 2.05) is 72.8 Å². The van der Waals surface area contributed by atoms with Gasteiger partial charge in [-0.25, -0.2) is 15.0 Å². The van der Waals surface area contributed by atoms with Crippen molar-refractivity contribution in [2.75, 3.05) is 0 Å². The van der Waals surface area contributed by atoms with Crippen molar-refractivity contribution in [2.45, 2.75) is 0 Å². The van der Waals surface area contributed by atoms with Crippen molar-refractivity contribution in [2.24, 2.45) is 0 Å². The molecule has 0 unspecified atom stereocenters. The average Bonchev–Trinajstić information content (AvgIpc) is 3.51. The zero-order valence-electron chi connectivity index (χ0n) is 28.8. The van der Waals surface area contributed by atoms with Crippen LogP contribution in [0.1, 0.15) is 6.85 Å². The van der Waals surface area contributed by atoms with Crippen LogP contribution in [0.3, 0.4) is 0 Å². The van der Waals surface area contributed by atoms with Crippen LogP contribution in [0.2, 0.25) is 0 Å². The van der Waals surface area contributed by atoms with Crippen molar-refractivity contribution in [3.63, 3.8) is 0 Å². The van der Waals surface area contributed by atoms with Crippen molar-refractivity contribution >= 4 is 43.5 Å². The first-order valence-corrected chi connectivity index (χ1v) is 14.6. The van der Waals surface area contributed by atoms with Gasteiger partial charge in [0, 0.05) is 27.5 Å². The summed E-state index contributed by atoms with van der Waals surface area (Å²) in [7, 11) is 0. The maximum Gasteiger partial charge on any atom is 0.164 e. The van der Waals surface area contributed by atoms with Gasteiger partial charge in [-0.3, -0.25) is 0 Å². The molecule has 0 aliphatic carbocycles. The largest absolute Gasteiger partial charge is 0.456 e. The van der Waals surface area contributed by atoms with Gasteiger partial charge < -0.3 is 4.42 Å². The minimum Gasteiger partial charge on any atom is -0.456 e. The molecule has 2 aromatic heterocycles. The van der Waals surface area contributed by atoms with E-state index in [4.69, 9.17) is 26.2 Å². The number of rotatable bonds is 4. The molecule has 210 valence electrons. The molecule has 0 amide bonds. The number of aromatic nitrogens is 3. The minimum absolute atomic E-state index is 0.0171. The number of fused-ring (bicyclic) bond motifs is 5. The van der Waals surface area contributed by atoms with Gasteiger partial charge in [-0.05, 0) is 63.0 Å². The molecule has 9 aromatic rings. The molecular formula is C41H25N3O. The lowest BCUT2D eigenvalue weighted by Crippen LogP contribution is -2.00. The van der Waals surface area contributed by atoms with Gasteiger partial charge >= 0.3 is 0 Å². The Morgan fingerprint density at radius 3 is 1.71 bits per heavy atom. The second-order valence-electron chi connectivity index (χ2n) is 11.0. The van der Waals surface area contributed by atoms with Gasteiger partial charge in [-0.2, -0.15) is 0 Å². The maximum atomic E-state index is 8.65. The molecule has 0 radical (unpaired) electrons. The molecule has 4 nitrogen and oxygen atoms in total. The van der Waals surface area contributed by atoms with E-state index in [1.54, 1.807) is 0 Å². The fraction of sp³-hybridized carbons (Fsp3) is 0. The number of furan rings is 1. The molecule has 0 atom stereocenters. The third-order valence-electron chi connectivity index (χ3n) is 8.18. The highest BCUT2D eigenvalue weighted by molar-refractivity contribution is 6.10. The Kier molecular flexibility index (Phi) is 4.72. The lowest BCUT2D eigenvalue weighted by Gasteiger charge is -2.09. The molecular weight excluding hydrogens is 550 g/mol. The second-order valence-corrected chi connectivity index (χ2v) is 11.0. The summed E-state index contributed by atoms with van der Waals surface area (Å²) in [6.07, 6.45) is 0. The molecule has 9 rings (SSSR count). The smallest absolute Gasteiger partial charge is 0.164 e. The van der Waals surface area contributed by atoms with Crippen molar-refractivity contribution in [3.8, 4) is 45.3 Å². The Hall–Kier alpha value is -6.13. The number of hydrogen-bond acceptors (Lipinski definition) is 4. The van der Waals surface area contributed by atoms with Gasteiger partial charge in [0.25, 0.3) is 0 Å². The summed E-state index contributed by atoms with van der Waals surface area (Å²) in [6.45, 7) is 0. The van der Waals surface area contributed by atoms with E-state index in [0.717, 1.165) is 43.6 Å². The summed E-state index contributed by atoms with van der Waals surface area (Å²) in [5.74, 6) is 0.567. The zero-order valence-corrected chi connectivity index (χ0v) is 23.8. The summed E-state index contributed by atoms with van der Waals surface area (Å²) in [5.41, 5.74) is 4.72. The van der Waals surface area contributed by atoms with Crippen LogP contribution in [0, 0.1) is 0 Å². The molecule has 0 bridgehead atoms. The molecule has 0 spiro atoms. The lowest BCUT2D eigenvalue weighted by molar-refractivity contribution is 0.669. The number of benzene rings is 7. The van der Waals surface area contributed by atoms with Gasteiger partial charge in [0.05, 0.1) is 6.85 Å². The number of nitrogens with zero attached hydrogens (tertiary/aromatic N) is 3. The predicted octanol–water partition coefficient (Wildman–Crippen LogP) is 10.7. The summed E-state index contributed by atoms with van der Waals surface area (Å²) >= 11 is 0. The third-order valence-corrected chi connectivity index (χ3v) is 8.18. The van der Waals surface area contributed by atoms with Crippen LogP contribution in [0.5, 0.6) is 0 Å². The first kappa shape index (κ1) is 20.7. The SMILES string of the molecule is [2H]c1c([2H])c([2H])c(-c2nc(-c3ccc(-c4ccc5ccccc5c4)cc3)nc(-c3ccc4c(c3)oc3cc5ccccc5cc34)n2)c([2H])c1[2H]. The Bertz CT molecular complexity index is 2800. The fourth-order valence-corrected chi connectivity index (χ4v) is 5.89. The van der Waals surface area contributed by atoms with Gasteiger partial charge in [-0.1, -0.05) is 121 Å². The summed E-state index contributed by atoms with van der Waals surface area (Å²) in [5, 5.41) is 6.45. The van der Waals surface area contributed by atoms with E-state index >= 15 is 0 Å². The van der Waals surface area contributed by atoms with Crippen LogP contribution >= 0.6 is 0 Å². The highest BCUT2D eigenvalue weighted by Crippen LogP contribution is 2.35. The molecule has 45 heavy (non-hydrogen) atoms. The molecule has 0 saturated carbocycles. The lowest BCUT2D eigenvalue weighted by atomic mass is 10.00. The topological polar surface area (TPSA) is 51.8 Å². The first-order chi connectivity index (χ1) is 24.3. The standard InChI is InChI=1S/C41H25N3O/c1-2-9-28(10-3-1)39-42-40(29-17-14-27(15-18-29)33-19-16-26-8-4-5-11-30(26)22-33)44-41(43-39)34-20-21-35-36-23-31-12-6-7-13-32(31)24-38(36)45-37(35)25-34/h1-25H/i1D,2D,3D,9D,10D. The molecule has 7 aromatic carbocycles. The molecule has 0 fully saturated rings. The van der Waals surface area contributed by atoms with Gasteiger partial charge in [0.15, 0.2) is 17.5 Å². The van der Waals surface area contributed by atoms with Crippen molar-refractivity contribution in [1.82, 2.24) is 15.0 Å². The van der Waals surface area contributed by atoms with Gasteiger partial charge in [0.1, 0.15) is 11.2 Å². The van der Waals surface area contributed by atoms with E-state index in [0.29, 0.717) is 22.5 Å². The van der Waals surface area contributed by atoms with Crippen LogP contribution < -0.4 is 0 Å². The van der Waals surface area contributed by atoms with Crippen LogP contribution in [0.15, 0.2) is 156 Å². The molecule has 0 aliphatic heterocycles. The molecule has 2 heterocycles. The zero-order chi connectivity index (χ0) is 34.1. The van der Waals surface area contributed by atoms with E-state index in [2.05, 4.69) is 48.5 Å². The van der Waals surface area contributed by atoms with Gasteiger partial charge in [-0.15, -0.1) is 0 Å². The van der Waals surface area contributed by atoms with Crippen LogP contribution in [0.25, 0.3) is 88.8 Å². The van der Waals surface area contributed by atoms with Crippen LogP contribution in [-0.4, -0.2) is 15.0 Å². The van der Waals surface area contributed by atoms with E-state index in [9.17, 15) is 0 Å². The molecule has 4 heteroatoms. The first-order valence-electron chi connectivity index (χ1n) is 17.1. The van der Waals surface area contributed by atoms with Crippen molar-refractivity contribution in [1.29, 1.82) is 0 Å². The van der Waals surface area contributed by atoms with E-state index < -0.39 is 18.1 Å². The van der Waals surface area contributed by atoms with E-state index in [-0.39, 0.29) is 29.3 Å². The van der Waals surface area contributed by atoms with Crippen molar-refractivity contribution < 1.29 is 11.3 Å². The number of hydrogen-bond donors (Lipinski definition) is 0. The summed E-state index contributed by atoms with van der Waals surface area (Å²) in [4.78, 5) is 14.2. The maximum absolute atomic E-state index is 8.65. The predicted molar refractivity (Wildman–Crippen MR) is 184 cm³/mol. The minimum atomic E-state index is -0.481. The molecule has 0 N–H and O–H groups in total. The Morgan fingerprint density at radius 1 is 0.400 bits per heavy atom. The van der Waals surface area contributed by atoms with E-state index in [1.165, 1.54) is 5.39 Å². The Morgan fingerprint density at radius 2 is 0.956 bits per heavy atom. The second kappa shape index (κ2) is 10.2. The quantitative estimate of drug-likeness (QED) is 0.208. The average molecular weight is 581 g/mol. The van der Waals surface area contributed by atoms with Crippen molar-refractivity contribution in [3.05, 3.63) is 152 Å². The van der Waals surface area contributed by atoms with Crippen LogP contribution in [0.4, 0.5) is 0 Å². The highest BCUT2D eigenvalue weighted by Gasteiger charge is 2.15. The Labute approximate surface area is 266 Å². The van der Waals surface area contributed by atoms with Crippen LogP contribution in [-0.2, 0) is 0 Å². The fourth-order valence-electron chi connectivity index (χ4n) is 5.89.